The zero-order chi connectivity index (χ0) is 9.78. The van der Waals surface area contributed by atoms with E-state index >= 15 is 0 Å². The summed E-state index contributed by atoms with van der Waals surface area (Å²) in [5, 5.41) is 2.22. The summed E-state index contributed by atoms with van der Waals surface area (Å²) >= 11 is 0. The van der Waals surface area contributed by atoms with E-state index in [1.807, 2.05) is 0 Å². The molecule has 0 aliphatic carbocycles. The molecule has 70 valence electrons. The maximum absolute atomic E-state index is 10.7. The predicted molar refractivity (Wildman–Crippen MR) is 42.4 cm³/mol. The molecular weight excluding hydrogens is 315 g/mol. The van der Waals surface area contributed by atoms with Gasteiger partial charge in [-0.3, -0.25) is 4.79 Å². The Morgan fingerprint density at radius 3 is 2.31 bits per heavy atom. The molecule has 0 aliphatic heterocycles. The van der Waals surface area contributed by atoms with Crippen LogP contribution in [-0.4, -0.2) is 31.2 Å². The summed E-state index contributed by atoms with van der Waals surface area (Å²) in [7, 11) is -4.24. The van der Waals surface area contributed by atoms with Crippen molar-refractivity contribution < 1.29 is 86.7 Å². The van der Waals surface area contributed by atoms with Gasteiger partial charge in [0.15, 0.2) is 0 Å². The Bertz CT molecular complexity index is 285. The number of hydrogen-bond acceptors (Lipinski definition) is 4. The van der Waals surface area contributed by atoms with Gasteiger partial charge in [0.05, 0.1) is 15.9 Å². The summed E-state index contributed by atoms with van der Waals surface area (Å²) in [5.41, 5.74) is 0.276. The second kappa shape index (κ2) is 7.46. The van der Waals surface area contributed by atoms with E-state index in [0.29, 0.717) is 0 Å². The van der Waals surface area contributed by atoms with Crippen LogP contribution in [0.5, 0.6) is 0 Å². The van der Waals surface area contributed by atoms with Crippen molar-refractivity contribution in [2.45, 2.75) is 6.92 Å². The molecule has 0 saturated heterocycles. The number of nitrogens with one attached hydrogen (secondary N) is 1. The third-order valence-corrected chi connectivity index (χ3v) is 1.73. The Labute approximate surface area is 137 Å². The number of amides is 1. The van der Waals surface area contributed by atoms with Gasteiger partial charge in [0.1, 0.15) is 0 Å². The molecule has 0 rings (SSSR count). The summed E-state index contributed by atoms with van der Waals surface area (Å²) < 4.78 is 30.2. The molecule has 13 heavy (non-hydrogen) atoms. The van der Waals surface area contributed by atoms with E-state index < -0.39 is 21.8 Å². The average Bonchev–Trinajstić information content (AvgIpc) is 1.84. The fraction of sp³-hybridized carbons (Fsp3) is 0.500. The van der Waals surface area contributed by atoms with Crippen LogP contribution in [0, 0.1) is 0 Å². The van der Waals surface area contributed by atoms with Crippen molar-refractivity contribution >= 4 is 16.0 Å². The standard InChI is InChI=1S/C6H11NO4S.Cs/c1-5(2)6(8)7-3-4-12(9,10)11;/h1,3-4H2,2H3,(H,7,8)(H,9,10,11);/q;+1/p-1. The van der Waals surface area contributed by atoms with Crippen LogP contribution in [0.1, 0.15) is 6.92 Å². The van der Waals surface area contributed by atoms with Gasteiger partial charge in [0, 0.05) is 12.1 Å². The van der Waals surface area contributed by atoms with Crippen molar-refractivity contribution in [1.82, 2.24) is 5.32 Å². The van der Waals surface area contributed by atoms with E-state index in [-0.39, 0.29) is 81.0 Å². The molecule has 0 radical (unpaired) electrons. The first-order chi connectivity index (χ1) is 5.33. The quantitative estimate of drug-likeness (QED) is 0.425. The van der Waals surface area contributed by atoms with E-state index in [0.717, 1.165) is 0 Å². The smallest absolute Gasteiger partial charge is 0.748 e. The molecule has 0 spiro atoms. The molecule has 0 aliphatic rings. The molecule has 0 aromatic rings. The molecule has 1 N–H and O–H groups in total. The monoisotopic (exact) mass is 325 g/mol. The number of rotatable bonds is 4. The largest absolute Gasteiger partial charge is 1.00 e. The fourth-order valence-corrected chi connectivity index (χ4v) is 0.793. The van der Waals surface area contributed by atoms with Crippen molar-refractivity contribution in [3.05, 3.63) is 12.2 Å². The normalized spacial score (nSPS) is 10.0. The maximum Gasteiger partial charge on any atom is 1.00 e. The Morgan fingerprint density at radius 2 is 2.00 bits per heavy atom. The topological polar surface area (TPSA) is 86.3 Å². The van der Waals surface area contributed by atoms with Crippen LogP contribution in [0.2, 0.25) is 0 Å². The molecule has 0 heterocycles. The second-order valence-electron chi connectivity index (χ2n) is 2.30. The van der Waals surface area contributed by atoms with Crippen LogP contribution in [-0.2, 0) is 14.9 Å². The molecule has 0 aromatic carbocycles. The van der Waals surface area contributed by atoms with Gasteiger partial charge in [-0.25, -0.2) is 8.42 Å². The average molecular weight is 325 g/mol. The zero-order valence-electron chi connectivity index (χ0n) is 7.66. The van der Waals surface area contributed by atoms with E-state index in [4.69, 9.17) is 0 Å². The first kappa shape index (κ1) is 16.6. The van der Waals surface area contributed by atoms with E-state index in [2.05, 4.69) is 11.9 Å². The van der Waals surface area contributed by atoms with Crippen molar-refractivity contribution in [3.8, 4) is 0 Å². The first-order valence-electron chi connectivity index (χ1n) is 3.20. The predicted octanol–water partition coefficient (Wildman–Crippen LogP) is -3.77. The molecule has 5 nitrogen and oxygen atoms in total. The summed E-state index contributed by atoms with van der Waals surface area (Å²) in [6.45, 7) is 4.65. The van der Waals surface area contributed by atoms with Crippen molar-refractivity contribution in [3.63, 3.8) is 0 Å². The van der Waals surface area contributed by atoms with Gasteiger partial charge < -0.3 is 9.87 Å². The summed E-state index contributed by atoms with van der Waals surface area (Å²) in [6.07, 6.45) is 0. The molecule has 0 saturated carbocycles. The van der Waals surface area contributed by atoms with Crippen molar-refractivity contribution in [2.24, 2.45) is 0 Å². The Balaban J connectivity index is 0. The summed E-state index contributed by atoms with van der Waals surface area (Å²) in [4.78, 5) is 10.7. The van der Waals surface area contributed by atoms with Crippen LogP contribution in [0.15, 0.2) is 12.2 Å². The van der Waals surface area contributed by atoms with Gasteiger partial charge in [-0.2, -0.15) is 0 Å². The Morgan fingerprint density at radius 1 is 1.54 bits per heavy atom. The molecule has 0 unspecified atom stereocenters. The van der Waals surface area contributed by atoms with Crippen LogP contribution in [0.25, 0.3) is 0 Å². The minimum Gasteiger partial charge on any atom is -0.748 e. The number of hydrogen-bond donors (Lipinski definition) is 1. The van der Waals surface area contributed by atoms with Crippen molar-refractivity contribution in [2.75, 3.05) is 12.3 Å². The van der Waals surface area contributed by atoms with Gasteiger partial charge in [0.2, 0.25) is 5.91 Å². The molecule has 0 bridgehead atoms. The third kappa shape index (κ3) is 11.1. The summed E-state index contributed by atoms with van der Waals surface area (Å²) in [5.74, 6) is -1.04. The van der Waals surface area contributed by atoms with Crippen LogP contribution in [0.4, 0.5) is 0 Å². The van der Waals surface area contributed by atoms with Gasteiger partial charge in [-0.05, 0) is 6.92 Å². The molecule has 0 fully saturated rings. The molecular formula is C6H10CsNO4S. The van der Waals surface area contributed by atoms with Gasteiger partial charge in [-0.1, -0.05) is 6.58 Å². The van der Waals surface area contributed by atoms with E-state index in [1.54, 1.807) is 0 Å². The van der Waals surface area contributed by atoms with E-state index in [1.165, 1.54) is 6.92 Å². The second-order valence-corrected chi connectivity index (χ2v) is 3.82. The fourth-order valence-electron chi connectivity index (χ4n) is 0.440. The Kier molecular flexibility index (Phi) is 9.53. The Hall–Kier alpha value is 1.17. The van der Waals surface area contributed by atoms with Crippen molar-refractivity contribution in [1.29, 1.82) is 0 Å². The minimum absolute atomic E-state index is 0. The van der Waals surface area contributed by atoms with Crippen LogP contribution < -0.4 is 74.2 Å². The van der Waals surface area contributed by atoms with Gasteiger partial charge in [0.25, 0.3) is 0 Å². The molecule has 1 amide bonds. The minimum atomic E-state index is -4.24. The zero-order valence-corrected chi connectivity index (χ0v) is 14.8. The van der Waals surface area contributed by atoms with E-state index in [9.17, 15) is 17.8 Å². The van der Waals surface area contributed by atoms with Gasteiger partial charge >= 0.3 is 68.9 Å². The van der Waals surface area contributed by atoms with Gasteiger partial charge in [-0.15, -0.1) is 0 Å². The summed E-state index contributed by atoms with van der Waals surface area (Å²) in [6, 6.07) is 0. The number of carbonyl (C=O) groups excluding carboxylic acids is 1. The van der Waals surface area contributed by atoms with Crippen LogP contribution in [0.3, 0.4) is 0 Å². The third-order valence-electron chi connectivity index (χ3n) is 1.03. The van der Waals surface area contributed by atoms with Crippen LogP contribution >= 0.6 is 0 Å². The number of carbonyl (C=O) groups is 1. The molecule has 0 atom stereocenters. The first-order valence-corrected chi connectivity index (χ1v) is 4.78. The maximum atomic E-state index is 10.7. The molecule has 0 aromatic heterocycles. The molecule has 7 heteroatoms. The SMILES string of the molecule is C=C(C)C(=O)NCCS(=O)(=O)[O-].[Cs+].